The second kappa shape index (κ2) is 7.48. The van der Waals surface area contributed by atoms with Crippen molar-refractivity contribution in [2.75, 3.05) is 13.7 Å². The number of aryl methyl sites for hydroxylation is 2. The highest BCUT2D eigenvalue weighted by Crippen LogP contribution is 2.39. The maximum atomic E-state index is 11.9. The molecule has 0 fully saturated rings. The second-order valence-electron chi connectivity index (χ2n) is 7.54. The zero-order valence-electron chi connectivity index (χ0n) is 17.4. The molecule has 5 aromatic rings. The number of benzene rings is 1. The Balaban J connectivity index is 1.87. The monoisotopic (exact) mass is 415 g/mol. The van der Waals surface area contributed by atoms with Gasteiger partial charge in [-0.15, -0.1) is 0 Å². The summed E-state index contributed by atoms with van der Waals surface area (Å²) in [4.78, 5) is 26.8. The zero-order valence-corrected chi connectivity index (χ0v) is 17.4. The van der Waals surface area contributed by atoms with E-state index >= 15 is 0 Å². The molecule has 0 unspecified atom stereocenters. The smallest absolute Gasteiger partial charge is 0.323 e. The van der Waals surface area contributed by atoms with Crippen molar-refractivity contribution in [2.24, 2.45) is 0 Å². The van der Waals surface area contributed by atoms with Gasteiger partial charge in [-0.05, 0) is 49.2 Å². The molecule has 0 amide bonds. The Labute approximate surface area is 177 Å². The summed E-state index contributed by atoms with van der Waals surface area (Å²) in [5.41, 5.74) is 6.45. The van der Waals surface area contributed by atoms with Crippen molar-refractivity contribution >= 4 is 21.9 Å². The molecule has 4 heterocycles. The summed E-state index contributed by atoms with van der Waals surface area (Å²) < 4.78 is 11.1. The first-order valence-electron chi connectivity index (χ1n) is 9.94. The van der Waals surface area contributed by atoms with Crippen LogP contribution >= 0.6 is 0 Å². The van der Waals surface area contributed by atoms with Gasteiger partial charge in [-0.25, -0.2) is 4.79 Å². The van der Waals surface area contributed by atoms with Crippen LogP contribution in [0.15, 0.2) is 52.0 Å². The van der Waals surface area contributed by atoms with Crippen molar-refractivity contribution < 1.29 is 9.26 Å². The molecule has 0 saturated heterocycles. The standard InChI is InChI=1S/C23H21N5O3/c1-12-21(13(2)31-28-12)15-9-19-16(22-20(10-25-19)26-23(29)27-22)8-14(15)17(11-30-3)18-6-4-5-7-24-18/h4-10,17H,11H2,1-3H3,(H2,26,27,29)/t17-/m0/s1. The van der Waals surface area contributed by atoms with Gasteiger partial charge < -0.3 is 19.2 Å². The number of imidazole rings is 1. The summed E-state index contributed by atoms with van der Waals surface area (Å²) in [7, 11) is 1.68. The van der Waals surface area contributed by atoms with Gasteiger partial charge in [-0.1, -0.05) is 11.2 Å². The van der Waals surface area contributed by atoms with E-state index in [4.69, 9.17) is 9.26 Å². The van der Waals surface area contributed by atoms with Crippen molar-refractivity contribution in [2.45, 2.75) is 19.8 Å². The number of aromatic nitrogens is 5. The molecular formula is C23H21N5O3. The highest BCUT2D eigenvalue weighted by Gasteiger charge is 2.25. The minimum atomic E-state index is -0.265. The lowest BCUT2D eigenvalue weighted by Crippen LogP contribution is -2.11. The van der Waals surface area contributed by atoms with Gasteiger partial charge in [0.2, 0.25) is 0 Å². The molecule has 0 aliphatic heterocycles. The van der Waals surface area contributed by atoms with Crippen LogP contribution in [-0.2, 0) is 4.74 Å². The van der Waals surface area contributed by atoms with Crippen LogP contribution in [0.3, 0.4) is 0 Å². The largest absolute Gasteiger partial charge is 0.384 e. The van der Waals surface area contributed by atoms with Crippen LogP contribution < -0.4 is 5.69 Å². The van der Waals surface area contributed by atoms with E-state index in [1.807, 2.05) is 38.1 Å². The third-order valence-electron chi connectivity index (χ3n) is 5.58. The molecule has 8 heteroatoms. The lowest BCUT2D eigenvalue weighted by molar-refractivity contribution is 0.188. The van der Waals surface area contributed by atoms with Crippen molar-refractivity contribution in [1.82, 2.24) is 25.1 Å². The second-order valence-corrected chi connectivity index (χ2v) is 7.54. The molecule has 1 aromatic carbocycles. The quantitative estimate of drug-likeness (QED) is 0.451. The minimum Gasteiger partial charge on any atom is -0.384 e. The van der Waals surface area contributed by atoms with E-state index in [-0.39, 0.29) is 11.6 Å². The van der Waals surface area contributed by atoms with E-state index in [1.165, 1.54) is 0 Å². The van der Waals surface area contributed by atoms with Gasteiger partial charge in [0.25, 0.3) is 0 Å². The molecule has 1 atom stereocenters. The maximum Gasteiger partial charge on any atom is 0.323 e. The molecule has 8 nitrogen and oxygen atoms in total. The predicted octanol–water partition coefficient (Wildman–Crippen LogP) is 3.85. The zero-order chi connectivity index (χ0) is 21.5. The Morgan fingerprint density at radius 3 is 2.74 bits per heavy atom. The third kappa shape index (κ3) is 3.21. The van der Waals surface area contributed by atoms with Crippen LogP contribution in [0.5, 0.6) is 0 Å². The van der Waals surface area contributed by atoms with Crippen LogP contribution in [-0.4, -0.2) is 38.8 Å². The number of hydrogen-bond donors (Lipinski definition) is 2. The number of ether oxygens (including phenoxy) is 1. The number of H-pyrrole nitrogens is 2. The van der Waals surface area contributed by atoms with Gasteiger partial charge in [-0.2, -0.15) is 0 Å². The van der Waals surface area contributed by atoms with Crippen molar-refractivity contribution in [3.8, 4) is 11.1 Å². The molecule has 5 rings (SSSR count). The normalized spacial score (nSPS) is 12.6. The third-order valence-corrected chi connectivity index (χ3v) is 5.58. The summed E-state index contributed by atoms with van der Waals surface area (Å²) in [6.07, 6.45) is 3.44. The van der Waals surface area contributed by atoms with Crippen molar-refractivity contribution in [1.29, 1.82) is 0 Å². The SMILES string of the molecule is COC[C@H](c1ccccn1)c1cc2c(cc1-c1c(C)noc1C)ncc1[nH]c(=O)[nH]c12. The summed E-state index contributed by atoms with van der Waals surface area (Å²) in [5, 5.41) is 5.00. The Hall–Kier alpha value is -3.78. The van der Waals surface area contributed by atoms with Crippen LogP contribution in [0, 0.1) is 13.8 Å². The highest BCUT2D eigenvalue weighted by atomic mass is 16.5. The molecule has 0 aliphatic rings. The number of methoxy groups -OCH3 is 1. The van der Waals surface area contributed by atoms with E-state index in [9.17, 15) is 4.79 Å². The number of nitrogens with zero attached hydrogens (tertiary/aromatic N) is 3. The Kier molecular flexibility index (Phi) is 4.63. The molecule has 0 bridgehead atoms. The fraction of sp³-hybridized carbons (Fsp3) is 0.217. The Morgan fingerprint density at radius 2 is 2.03 bits per heavy atom. The lowest BCUT2D eigenvalue weighted by Gasteiger charge is -2.21. The predicted molar refractivity (Wildman–Crippen MR) is 117 cm³/mol. The van der Waals surface area contributed by atoms with Crippen LogP contribution in [0.1, 0.15) is 28.6 Å². The summed E-state index contributed by atoms with van der Waals surface area (Å²) in [6.45, 7) is 4.26. The van der Waals surface area contributed by atoms with E-state index < -0.39 is 0 Å². The summed E-state index contributed by atoms with van der Waals surface area (Å²) in [5.74, 6) is 0.589. The molecule has 0 aliphatic carbocycles. The van der Waals surface area contributed by atoms with Gasteiger partial charge >= 0.3 is 5.69 Å². The average molecular weight is 415 g/mol. The number of pyridine rings is 2. The first kappa shape index (κ1) is 19.2. The fourth-order valence-corrected chi connectivity index (χ4v) is 4.21. The van der Waals surface area contributed by atoms with E-state index in [0.717, 1.165) is 50.3 Å². The summed E-state index contributed by atoms with van der Waals surface area (Å²) in [6, 6.07) is 9.93. The lowest BCUT2D eigenvalue weighted by atomic mass is 9.86. The average Bonchev–Trinajstić information content (AvgIpc) is 3.32. The van der Waals surface area contributed by atoms with E-state index in [1.54, 1.807) is 19.5 Å². The number of fused-ring (bicyclic) bond motifs is 3. The molecule has 2 N–H and O–H groups in total. The van der Waals surface area contributed by atoms with Gasteiger partial charge in [-0.3, -0.25) is 9.97 Å². The number of aromatic amines is 2. The molecular weight excluding hydrogens is 394 g/mol. The van der Waals surface area contributed by atoms with Gasteiger partial charge in [0.1, 0.15) is 5.76 Å². The first-order valence-corrected chi connectivity index (χ1v) is 9.94. The fourth-order valence-electron chi connectivity index (χ4n) is 4.21. The molecule has 0 radical (unpaired) electrons. The Morgan fingerprint density at radius 1 is 1.16 bits per heavy atom. The van der Waals surface area contributed by atoms with Gasteiger partial charge in [0.15, 0.2) is 0 Å². The van der Waals surface area contributed by atoms with Crippen LogP contribution in [0.4, 0.5) is 0 Å². The molecule has 4 aromatic heterocycles. The number of nitrogens with one attached hydrogen (secondary N) is 2. The van der Waals surface area contributed by atoms with Gasteiger partial charge in [0.05, 0.1) is 46.7 Å². The Bertz CT molecular complexity index is 1430. The molecule has 31 heavy (non-hydrogen) atoms. The van der Waals surface area contributed by atoms with Gasteiger partial charge in [0, 0.05) is 24.3 Å². The van der Waals surface area contributed by atoms with E-state index in [0.29, 0.717) is 12.1 Å². The van der Waals surface area contributed by atoms with Crippen molar-refractivity contribution in [3.63, 3.8) is 0 Å². The molecule has 156 valence electrons. The van der Waals surface area contributed by atoms with Crippen LogP contribution in [0.2, 0.25) is 0 Å². The topological polar surface area (TPSA) is 110 Å². The molecule has 0 saturated carbocycles. The molecule has 0 spiro atoms. The number of hydrogen-bond acceptors (Lipinski definition) is 6. The van der Waals surface area contributed by atoms with Crippen LogP contribution in [0.25, 0.3) is 33.1 Å². The number of rotatable bonds is 5. The maximum absolute atomic E-state index is 11.9. The first-order chi connectivity index (χ1) is 15.1. The van der Waals surface area contributed by atoms with E-state index in [2.05, 4.69) is 31.2 Å². The van der Waals surface area contributed by atoms with Crippen molar-refractivity contribution in [3.05, 3.63) is 75.9 Å². The summed E-state index contributed by atoms with van der Waals surface area (Å²) >= 11 is 0. The highest BCUT2D eigenvalue weighted by molar-refractivity contribution is 6.03. The minimum absolute atomic E-state index is 0.139.